The summed E-state index contributed by atoms with van der Waals surface area (Å²) in [5.74, 6) is 0.241. The average molecular weight is 539 g/mol. The van der Waals surface area contributed by atoms with E-state index in [1.54, 1.807) is 44.3 Å². The molecule has 1 aliphatic carbocycles. The van der Waals surface area contributed by atoms with Gasteiger partial charge in [-0.1, -0.05) is 17.7 Å². The van der Waals surface area contributed by atoms with Crippen LogP contribution in [0.1, 0.15) is 46.5 Å². The molecule has 0 spiro atoms. The zero-order valence-electron chi connectivity index (χ0n) is 21.1. The molecule has 2 aromatic rings. The quantitative estimate of drug-likeness (QED) is 0.508. The largest absolute Gasteiger partial charge is 0.483 e. The Labute approximate surface area is 218 Å². The summed E-state index contributed by atoms with van der Waals surface area (Å²) in [6, 6.07) is 6.96. The minimum Gasteiger partial charge on any atom is -0.483 e. The molecule has 2 aliphatic rings. The third-order valence-electron chi connectivity index (χ3n) is 6.81. The molecule has 11 heteroatoms. The first kappa shape index (κ1) is 26.9. The Morgan fingerprint density at radius 3 is 2.36 bits per heavy atom. The van der Waals surface area contributed by atoms with Gasteiger partial charge in [-0.25, -0.2) is 8.42 Å². The van der Waals surface area contributed by atoms with Crippen molar-refractivity contribution in [2.75, 3.05) is 37.7 Å². The lowest BCUT2D eigenvalue weighted by Crippen LogP contribution is -2.50. The summed E-state index contributed by atoms with van der Waals surface area (Å²) in [7, 11) is -3.33. The number of nitrogens with zero attached hydrogens (tertiary/aromatic N) is 4. The standard InChI is InChI=1S/C25H35ClN4O5S/c1-4-34-21-8-10-22(11-9-21)35-24-23(28-12-14-29(15-13-28)36(32,33)18(2)3)17-27-30(25(24)31)20-7-5-6-19(26)16-20/h5-7,16-18,21-22H,4,8-15H2,1-3H3. The number of hydrogen-bond acceptors (Lipinski definition) is 7. The van der Waals surface area contributed by atoms with Gasteiger partial charge >= 0.3 is 5.56 Å². The Kier molecular flexibility index (Phi) is 8.59. The number of benzene rings is 1. The molecule has 36 heavy (non-hydrogen) atoms. The molecule has 0 bridgehead atoms. The summed E-state index contributed by atoms with van der Waals surface area (Å²) in [6.07, 6.45) is 5.11. The van der Waals surface area contributed by atoms with Crippen molar-refractivity contribution in [2.45, 2.75) is 63.9 Å². The number of ether oxygens (including phenoxy) is 2. The van der Waals surface area contributed by atoms with Crippen LogP contribution in [0.3, 0.4) is 0 Å². The molecule has 198 valence electrons. The third kappa shape index (κ3) is 5.88. The van der Waals surface area contributed by atoms with Crippen LogP contribution in [0.2, 0.25) is 5.02 Å². The zero-order chi connectivity index (χ0) is 25.9. The monoisotopic (exact) mass is 538 g/mol. The zero-order valence-corrected chi connectivity index (χ0v) is 22.7. The maximum absolute atomic E-state index is 13.7. The van der Waals surface area contributed by atoms with Crippen molar-refractivity contribution in [1.82, 2.24) is 14.1 Å². The molecule has 0 atom stereocenters. The van der Waals surface area contributed by atoms with Crippen molar-refractivity contribution in [3.8, 4) is 11.4 Å². The fraction of sp³-hybridized carbons (Fsp3) is 0.600. The highest BCUT2D eigenvalue weighted by Crippen LogP contribution is 2.31. The Bertz CT molecular complexity index is 1200. The average Bonchev–Trinajstić information content (AvgIpc) is 2.86. The van der Waals surface area contributed by atoms with Crippen molar-refractivity contribution < 1.29 is 17.9 Å². The molecule has 4 rings (SSSR count). The summed E-state index contributed by atoms with van der Waals surface area (Å²) in [6.45, 7) is 7.64. The number of halogens is 1. The van der Waals surface area contributed by atoms with Gasteiger partial charge in [0.25, 0.3) is 0 Å². The van der Waals surface area contributed by atoms with Crippen LogP contribution in [0.15, 0.2) is 35.3 Å². The number of piperazine rings is 1. The fourth-order valence-corrected chi connectivity index (χ4v) is 6.21. The van der Waals surface area contributed by atoms with E-state index in [0.29, 0.717) is 49.2 Å². The van der Waals surface area contributed by atoms with Gasteiger partial charge in [-0.15, -0.1) is 0 Å². The number of sulfonamides is 1. The van der Waals surface area contributed by atoms with E-state index in [0.717, 1.165) is 25.7 Å². The minimum absolute atomic E-state index is 0.106. The molecular weight excluding hydrogens is 504 g/mol. The second-order valence-electron chi connectivity index (χ2n) is 9.51. The summed E-state index contributed by atoms with van der Waals surface area (Å²) >= 11 is 6.16. The predicted octanol–water partition coefficient (Wildman–Crippen LogP) is 3.47. The normalized spacial score (nSPS) is 21.6. The Morgan fingerprint density at radius 1 is 1.08 bits per heavy atom. The summed E-state index contributed by atoms with van der Waals surface area (Å²) in [4.78, 5) is 15.7. The van der Waals surface area contributed by atoms with E-state index in [-0.39, 0.29) is 23.5 Å². The first-order chi connectivity index (χ1) is 17.2. The molecule has 1 aliphatic heterocycles. The van der Waals surface area contributed by atoms with E-state index in [4.69, 9.17) is 21.1 Å². The van der Waals surface area contributed by atoms with Gasteiger partial charge in [-0.2, -0.15) is 14.1 Å². The first-order valence-corrected chi connectivity index (χ1v) is 14.5. The van der Waals surface area contributed by atoms with E-state index >= 15 is 0 Å². The second-order valence-corrected chi connectivity index (χ2v) is 12.4. The van der Waals surface area contributed by atoms with Gasteiger partial charge in [-0.05, 0) is 64.7 Å². The Morgan fingerprint density at radius 2 is 1.75 bits per heavy atom. The molecule has 1 aromatic carbocycles. The maximum Gasteiger partial charge on any atom is 0.316 e. The van der Waals surface area contributed by atoms with Gasteiger partial charge < -0.3 is 14.4 Å². The number of hydrogen-bond donors (Lipinski definition) is 0. The van der Waals surface area contributed by atoms with Gasteiger partial charge in [0.1, 0.15) is 5.69 Å². The maximum atomic E-state index is 13.7. The highest BCUT2D eigenvalue weighted by molar-refractivity contribution is 7.89. The van der Waals surface area contributed by atoms with Crippen LogP contribution in [0.4, 0.5) is 5.69 Å². The van der Waals surface area contributed by atoms with Crippen LogP contribution in [0.25, 0.3) is 5.69 Å². The number of rotatable bonds is 8. The number of aromatic nitrogens is 2. The van der Waals surface area contributed by atoms with Crippen molar-refractivity contribution in [3.05, 3.63) is 45.8 Å². The summed E-state index contributed by atoms with van der Waals surface area (Å²) in [5, 5.41) is 4.45. The SMILES string of the molecule is CCOC1CCC(Oc2c(N3CCN(S(=O)(=O)C(C)C)CC3)cnn(-c3cccc(Cl)c3)c2=O)CC1. The molecular formula is C25H35ClN4O5S. The van der Waals surface area contributed by atoms with Crippen LogP contribution >= 0.6 is 11.6 Å². The van der Waals surface area contributed by atoms with Gasteiger partial charge in [0.2, 0.25) is 15.8 Å². The van der Waals surface area contributed by atoms with Crippen LogP contribution in [0.5, 0.6) is 5.75 Å². The Balaban J connectivity index is 1.62. The van der Waals surface area contributed by atoms with E-state index < -0.39 is 15.3 Å². The molecule has 1 saturated carbocycles. The van der Waals surface area contributed by atoms with Crippen molar-refractivity contribution in [2.24, 2.45) is 0 Å². The lowest BCUT2D eigenvalue weighted by molar-refractivity contribution is 0.00850. The highest BCUT2D eigenvalue weighted by atomic mass is 35.5. The molecule has 2 fully saturated rings. The van der Waals surface area contributed by atoms with Crippen LogP contribution < -0.4 is 15.2 Å². The van der Waals surface area contributed by atoms with Gasteiger partial charge in [0.05, 0.1) is 29.3 Å². The smallest absolute Gasteiger partial charge is 0.316 e. The molecule has 1 saturated heterocycles. The first-order valence-electron chi connectivity index (χ1n) is 12.6. The summed E-state index contributed by atoms with van der Waals surface area (Å²) < 4.78 is 40.2. The molecule has 2 heterocycles. The fourth-order valence-electron chi connectivity index (χ4n) is 4.76. The van der Waals surface area contributed by atoms with E-state index in [1.165, 1.54) is 8.99 Å². The van der Waals surface area contributed by atoms with Crippen molar-refractivity contribution >= 4 is 27.3 Å². The summed E-state index contributed by atoms with van der Waals surface area (Å²) in [5.41, 5.74) is 0.780. The highest BCUT2D eigenvalue weighted by Gasteiger charge is 2.32. The number of anilines is 1. The predicted molar refractivity (Wildman–Crippen MR) is 141 cm³/mol. The second kappa shape index (κ2) is 11.5. The van der Waals surface area contributed by atoms with E-state index in [9.17, 15) is 13.2 Å². The lowest BCUT2D eigenvalue weighted by atomic mass is 9.95. The molecule has 0 N–H and O–H groups in total. The molecule has 0 unspecified atom stereocenters. The van der Waals surface area contributed by atoms with Gasteiger partial charge in [0.15, 0.2) is 0 Å². The van der Waals surface area contributed by atoms with Crippen molar-refractivity contribution in [3.63, 3.8) is 0 Å². The van der Waals surface area contributed by atoms with E-state index in [2.05, 4.69) is 5.10 Å². The van der Waals surface area contributed by atoms with Crippen LogP contribution in [-0.4, -0.2) is 72.7 Å². The Hall–Kier alpha value is -2.14. The molecule has 1 aromatic heterocycles. The van der Waals surface area contributed by atoms with Crippen LogP contribution in [-0.2, 0) is 14.8 Å². The lowest BCUT2D eigenvalue weighted by Gasteiger charge is -2.37. The van der Waals surface area contributed by atoms with Gasteiger partial charge in [-0.3, -0.25) is 4.79 Å². The van der Waals surface area contributed by atoms with Crippen LogP contribution in [0, 0.1) is 0 Å². The molecule has 9 nitrogen and oxygen atoms in total. The van der Waals surface area contributed by atoms with Gasteiger partial charge in [0, 0.05) is 37.8 Å². The van der Waals surface area contributed by atoms with E-state index in [1.807, 2.05) is 11.8 Å². The third-order valence-corrected chi connectivity index (χ3v) is 9.32. The molecule has 0 amide bonds. The van der Waals surface area contributed by atoms with Crippen molar-refractivity contribution in [1.29, 1.82) is 0 Å². The molecule has 0 radical (unpaired) electrons. The minimum atomic E-state index is -3.33. The topological polar surface area (TPSA) is 94.0 Å².